The minimum absolute atomic E-state index is 0.139. The Balaban J connectivity index is 2.24. The van der Waals surface area contributed by atoms with Gasteiger partial charge in [0.1, 0.15) is 6.10 Å². The van der Waals surface area contributed by atoms with Gasteiger partial charge in [0.2, 0.25) is 12.8 Å². The van der Waals surface area contributed by atoms with Crippen LogP contribution < -0.4 is 9.47 Å². The number of benzene rings is 1. The fourth-order valence-corrected chi connectivity index (χ4v) is 1.49. The number of hydrogen-bond donors (Lipinski definition) is 1. The molecule has 16 heavy (non-hydrogen) atoms. The number of hydrogen-bond acceptors (Lipinski definition) is 5. The minimum atomic E-state index is -1.15. The summed E-state index contributed by atoms with van der Waals surface area (Å²) in [5.41, 5.74) is 0.452. The molecule has 2 rings (SSSR count). The maximum atomic E-state index is 10.5. The summed E-state index contributed by atoms with van der Waals surface area (Å²) in [5, 5.41) is 20.3. The highest BCUT2D eigenvalue weighted by molar-refractivity contribution is 5.45. The minimum Gasteiger partial charge on any atom is -0.454 e. The third kappa shape index (κ3) is 1.79. The van der Waals surface area contributed by atoms with Gasteiger partial charge in [-0.25, -0.2) is 0 Å². The standard InChI is InChI=1S/C10H11NO5/c1-6(11(13)14)10(12)7-2-3-8-9(4-7)16-5-15-8/h2-4,6,10,12H,5H2,1H3/t6-,10-/m1/s1. The van der Waals surface area contributed by atoms with Crippen LogP contribution in [0.2, 0.25) is 0 Å². The Hall–Kier alpha value is -1.82. The third-order valence-electron chi connectivity index (χ3n) is 2.53. The van der Waals surface area contributed by atoms with Crippen LogP contribution in [0.15, 0.2) is 18.2 Å². The molecule has 1 aromatic carbocycles. The maximum Gasteiger partial charge on any atom is 0.239 e. The van der Waals surface area contributed by atoms with Crippen molar-refractivity contribution in [3.63, 3.8) is 0 Å². The molecule has 0 aliphatic carbocycles. The van der Waals surface area contributed by atoms with Gasteiger partial charge in [0.05, 0.1) is 0 Å². The normalized spacial score (nSPS) is 16.9. The zero-order chi connectivity index (χ0) is 11.7. The van der Waals surface area contributed by atoms with E-state index in [1.54, 1.807) is 18.2 Å². The summed E-state index contributed by atoms with van der Waals surface area (Å²) in [6.07, 6.45) is -1.15. The van der Waals surface area contributed by atoms with Crippen LogP contribution in [0.25, 0.3) is 0 Å². The summed E-state index contributed by atoms with van der Waals surface area (Å²) < 4.78 is 10.2. The highest BCUT2D eigenvalue weighted by atomic mass is 16.7. The number of fused-ring (bicyclic) bond motifs is 1. The van der Waals surface area contributed by atoms with Crippen molar-refractivity contribution in [3.05, 3.63) is 33.9 Å². The first-order valence-corrected chi connectivity index (χ1v) is 4.80. The molecule has 0 aromatic heterocycles. The lowest BCUT2D eigenvalue weighted by Gasteiger charge is -2.12. The average molecular weight is 225 g/mol. The summed E-state index contributed by atoms with van der Waals surface area (Å²) in [7, 11) is 0. The second-order valence-electron chi connectivity index (χ2n) is 3.58. The van der Waals surface area contributed by atoms with E-state index in [9.17, 15) is 15.2 Å². The monoisotopic (exact) mass is 225 g/mol. The van der Waals surface area contributed by atoms with Gasteiger partial charge in [0, 0.05) is 11.8 Å². The van der Waals surface area contributed by atoms with Gasteiger partial charge in [0.15, 0.2) is 11.5 Å². The molecule has 0 fully saturated rings. The van der Waals surface area contributed by atoms with Gasteiger partial charge in [-0.1, -0.05) is 6.07 Å². The van der Waals surface area contributed by atoms with E-state index in [1.165, 1.54) is 6.92 Å². The van der Waals surface area contributed by atoms with E-state index >= 15 is 0 Å². The Morgan fingerprint density at radius 1 is 1.44 bits per heavy atom. The average Bonchev–Trinajstić information content (AvgIpc) is 2.73. The van der Waals surface area contributed by atoms with Gasteiger partial charge >= 0.3 is 0 Å². The first-order valence-electron chi connectivity index (χ1n) is 4.80. The van der Waals surface area contributed by atoms with Crippen molar-refractivity contribution >= 4 is 0 Å². The molecule has 2 atom stereocenters. The number of nitrogens with zero attached hydrogens (tertiary/aromatic N) is 1. The van der Waals surface area contributed by atoms with Gasteiger partial charge in [-0.2, -0.15) is 0 Å². The van der Waals surface area contributed by atoms with Crippen LogP contribution in [0.1, 0.15) is 18.6 Å². The molecule has 86 valence electrons. The smallest absolute Gasteiger partial charge is 0.239 e. The van der Waals surface area contributed by atoms with E-state index in [1.807, 2.05) is 0 Å². The van der Waals surface area contributed by atoms with E-state index in [2.05, 4.69) is 0 Å². The molecule has 0 amide bonds. The molecular weight excluding hydrogens is 214 g/mol. The lowest BCUT2D eigenvalue weighted by Crippen LogP contribution is -2.23. The number of aliphatic hydroxyl groups excluding tert-OH is 1. The Labute approximate surface area is 91.6 Å². The Morgan fingerprint density at radius 2 is 2.12 bits per heavy atom. The molecule has 1 aliphatic rings. The van der Waals surface area contributed by atoms with Crippen LogP contribution in [0, 0.1) is 10.1 Å². The van der Waals surface area contributed by atoms with Crippen molar-refractivity contribution in [1.82, 2.24) is 0 Å². The van der Waals surface area contributed by atoms with Crippen molar-refractivity contribution in [3.8, 4) is 11.5 Å². The zero-order valence-electron chi connectivity index (χ0n) is 8.62. The fraction of sp³-hybridized carbons (Fsp3) is 0.400. The fourth-order valence-electron chi connectivity index (χ4n) is 1.49. The molecule has 6 heteroatoms. The molecule has 1 heterocycles. The first-order chi connectivity index (χ1) is 7.59. The maximum absolute atomic E-state index is 10.5. The quantitative estimate of drug-likeness (QED) is 0.615. The van der Waals surface area contributed by atoms with Gasteiger partial charge in [-0.3, -0.25) is 10.1 Å². The predicted octanol–water partition coefficient (Wildman–Crippen LogP) is 1.11. The lowest BCUT2D eigenvalue weighted by atomic mass is 10.0. The van der Waals surface area contributed by atoms with Crippen molar-refractivity contribution in [2.24, 2.45) is 0 Å². The van der Waals surface area contributed by atoms with Gasteiger partial charge in [-0.05, 0) is 17.7 Å². The van der Waals surface area contributed by atoms with Crippen molar-refractivity contribution < 1.29 is 19.5 Å². The number of ether oxygens (including phenoxy) is 2. The van der Waals surface area contributed by atoms with Crippen LogP contribution in [0.3, 0.4) is 0 Å². The number of nitro groups is 1. The largest absolute Gasteiger partial charge is 0.454 e. The van der Waals surface area contributed by atoms with Gasteiger partial charge < -0.3 is 14.6 Å². The molecule has 0 spiro atoms. The van der Waals surface area contributed by atoms with E-state index in [0.717, 1.165) is 0 Å². The second kappa shape index (κ2) is 3.97. The molecule has 1 N–H and O–H groups in total. The predicted molar refractivity (Wildman–Crippen MR) is 54.0 cm³/mol. The molecule has 0 unspecified atom stereocenters. The summed E-state index contributed by atoms with van der Waals surface area (Å²) in [4.78, 5) is 10.0. The van der Waals surface area contributed by atoms with Crippen molar-refractivity contribution in [2.45, 2.75) is 19.1 Å². The summed E-state index contributed by atoms with van der Waals surface area (Å²) in [6.45, 7) is 1.49. The molecule has 0 bridgehead atoms. The van der Waals surface area contributed by atoms with Crippen LogP contribution >= 0.6 is 0 Å². The first kappa shape index (κ1) is 10.7. The Bertz CT molecular complexity index is 420. The molecule has 0 saturated heterocycles. The van der Waals surface area contributed by atoms with E-state index in [0.29, 0.717) is 17.1 Å². The second-order valence-corrected chi connectivity index (χ2v) is 3.58. The number of rotatable bonds is 3. The molecular formula is C10H11NO5. The summed E-state index contributed by atoms with van der Waals surface area (Å²) in [6, 6.07) is 3.74. The summed E-state index contributed by atoms with van der Waals surface area (Å²) >= 11 is 0. The highest BCUT2D eigenvalue weighted by Gasteiger charge is 2.27. The molecule has 1 aromatic rings. The summed E-state index contributed by atoms with van der Waals surface area (Å²) in [5.74, 6) is 1.09. The van der Waals surface area contributed by atoms with E-state index in [-0.39, 0.29) is 6.79 Å². The van der Waals surface area contributed by atoms with Crippen LogP contribution in [-0.2, 0) is 0 Å². The lowest BCUT2D eigenvalue weighted by molar-refractivity contribution is -0.531. The topological polar surface area (TPSA) is 81.8 Å². The Kier molecular flexibility index (Phi) is 2.66. The zero-order valence-corrected chi connectivity index (χ0v) is 8.62. The molecule has 6 nitrogen and oxygen atoms in total. The third-order valence-corrected chi connectivity index (χ3v) is 2.53. The molecule has 1 aliphatic heterocycles. The van der Waals surface area contributed by atoms with Crippen LogP contribution in [-0.4, -0.2) is 22.9 Å². The van der Waals surface area contributed by atoms with Gasteiger partial charge in [0.25, 0.3) is 0 Å². The SMILES string of the molecule is C[C@H]([C@@H](O)c1ccc2c(c1)OCO2)[N+](=O)[O-]. The van der Waals surface area contributed by atoms with E-state index < -0.39 is 17.1 Å². The van der Waals surface area contributed by atoms with Crippen molar-refractivity contribution in [2.75, 3.05) is 6.79 Å². The Morgan fingerprint density at radius 3 is 2.81 bits per heavy atom. The van der Waals surface area contributed by atoms with Crippen molar-refractivity contribution in [1.29, 1.82) is 0 Å². The van der Waals surface area contributed by atoms with Crippen LogP contribution in [0.4, 0.5) is 0 Å². The number of aliphatic hydroxyl groups is 1. The van der Waals surface area contributed by atoms with Crippen LogP contribution in [0.5, 0.6) is 11.5 Å². The highest BCUT2D eigenvalue weighted by Crippen LogP contribution is 2.34. The van der Waals surface area contributed by atoms with E-state index in [4.69, 9.17) is 9.47 Å². The molecule has 0 radical (unpaired) electrons. The molecule has 0 saturated carbocycles. The van der Waals surface area contributed by atoms with Gasteiger partial charge in [-0.15, -0.1) is 0 Å².